The Labute approximate surface area is 122 Å². The Balaban J connectivity index is 2.79. The number of carbonyl (C=O) groups is 1. The Morgan fingerprint density at radius 3 is 2.57 bits per heavy atom. The van der Waals surface area contributed by atoms with Gasteiger partial charge in [-0.2, -0.15) is 0 Å². The minimum absolute atomic E-state index is 0.0403. The maximum Gasteiger partial charge on any atom is 0.339 e. The molecule has 7 heteroatoms. The second kappa shape index (κ2) is 5.40. The summed E-state index contributed by atoms with van der Waals surface area (Å²) >= 11 is 0. The van der Waals surface area contributed by atoms with E-state index in [1.807, 2.05) is 6.92 Å². The first-order valence-corrected chi connectivity index (χ1v) is 8.43. The number of hydrogen-bond donors (Lipinski definition) is 2. The van der Waals surface area contributed by atoms with Gasteiger partial charge in [0.05, 0.1) is 16.0 Å². The lowest BCUT2D eigenvalue weighted by molar-refractivity contribution is 0.0696. The van der Waals surface area contributed by atoms with E-state index in [0.717, 1.165) is 19.1 Å². The van der Waals surface area contributed by atoms with E-state index in [1.54, 1.807) is 0 Å². The molecule has 1 aromatic heterocycles. The largest absolute Gasteiger partial charge is 0.478 e. The van der Waals surface area contributed by atoms with Crippen molar-refractivity contribution in [3.8, 4) is 0 Å². The summed E-state index contributed by atoms with van der Waals surface area (Å²) in [5.41, 5.74) is 6.07. The van der Waals surface area contributed by atoms with Crippen LogP contribution in [0.1, 0.15) is 35.9 Å². The van der Waals surface area contributed by atoms with Crippen molar-refractivity contribution in [2.75, 3.05) is 12.0 Å². The van der Waals surface area contributed by atoms with Crippen molar-refractivity contribution in [3.05, 3.63) is 23.5 Å². The second-order valence-corrected chi connectivity index (χ2v) is 6.92. The Kier molecular flexibility index (Phi) is 3.95. The predicted octanol–water partition coefficient (Wildman–Crippen LogP) is 2.46. The quantitative estimate of drug-likeness (QED) is 0.821. The Hall–Kier alpha value is -2.02. The highest BCUT2D eigenvalue weighted by Crippen LogP contribution is 2.35. The predicted molar refractivity (Wildman–Crippen MR) is 79.3 cm³/mol. The summed E-state index contributed by atoms with van der Waals surface area (Å²) in [4.78, 5) is 11.4. The van der Waals surface area contributed by atoms with E-state index in [-0.39, 0.29) is 21.5 Å². The van der Waals surface area contributed by atoms with Crippen molar-refractivity contribution >= 4 is 32.5 Å². The molecular formula is C14H17NO5S. The van der Waals surface area contributed by atoms with Crippen molar-refractivity contribution in [2.45, 2.75) is 31.1 Å². The number of nitrogen functional groups attached to an aromatic ring is 1. The molecule has 2 rings (SSSR count). The maximum absolute atomic E-state index is 11.7. The standard InChI is InChI=1S/C14H17NO5S/c1-3-4-5-8-12(14(16)17)11-9(20-8)6-7-10(13(11)15)21(2,18)19/h6-7H,3-5,15H2,1-2H3,(H,16,17). The van der Waals surface area contributed by atoms with Crippen molar-refractivity contribution in [1.82, 2.24) is 0 Å². The van der Waals surface area contributed by atoms with Crippen molar-refractivity contribution in [3.63, 3.8) is 0 Å². The van der Waals surface area contributed by atoms with E-state index in [4.69, 9.17) is 10.2 Å². The molecule has 21 heavy (non-hydrogen) atoms. The molecule has 0 atom stereocenters. The number of hydrogen-bond acceptors (Lipinski definition) is 5. The zero-order chi connectivity index (χ0) is 15.8. The highest BCUT2D eigenvalue weighted by atomic mass is 32.2. The number of unbranched alkanes of at least 4 members (excludes halogenated alkanes) is 1. The van der Waals surface area contributed by atoms with Crippen LogP contribution in [0.4, 0.5) is 5.69 Å². The van der Waals surface area contributed by atoms with Gasteiger partial charge in [0.25, 0.3) is 0 Å². The number of furan rings is 1. The minimum Gasteiger partial charge on any atom is -0.478 e. The molecule has 0 aliphatic carbocycles. The fraction of sp³-hybridized carbons (Fsp3) is 0.357. The van der Waals surface area contributed by atoms with Gasteiger partial charge in [-0.15, -0.1) is 0 Å². The van der Waals surface area contributed by atoms with Gasteiger partial charge >= 0.3 is 5.97 Å². The first-order chi connectivity index (χ1) is 9.77. The Bertz CT molecular complexity index is 804. The molecule has 0 saturated heterocycles. The summed E-state index contributed by atoms with van der Waals surface area (Å²) in [5.74, 6) is -0.839. The van der Waals surface area contributed by atoms with E-state index in [0.29, 0.717) is 17.8 Å². The van der Waals surface area contributed by atoms with E-state index < -0.39 is 15.8 Å². The molecule has 1 aromatic carbocycles. The van der Waals surface area contributed by atoms with Crippen LogP contribution in [0.3, 0.4) is 0 Å². The molecule has 6 nitrogen and oxygen atoms in total. The lowest BCUT2D eigenvalue weighted by atomic mass is 10.1. The number of sulfone groups is 1. The van der Waals surface area contributed by atoms with Crippen LogP contribution in [0.5, 0.6) is 0 Å². The molecular weight excluding hydrogens is 294 g/mol. The molecule has 3 N–H and O–H groups in total. The normalized spacial score (nSPS) is 11.9. The van der Waals surface area contributed by atoms with Crippen LogP contribution in [-0.2, 0) is 16.3 Å². The van der Waals surface area contributed by atoms with Crippen LogP contribution in [0.2, 0.25) is 0 Å². The topological polar surface area (TPSA) is 111 Å². The lowest BCUT2D eigenvalue weighted by Crippen LogP contribution is -2.05. The molecule has 114 valence electrons. The fourth-order valence-electron chi connectivity index (χ4n) is 2.31. The molecule has 0 aliphatic rings. The maximum atomic E-state index is 11.7. The second-order valence-electron chi connectivity index (χ2n) is 4.93. The van der Waals surface area contributed by atoms with Gasteiger partial charge < -0.3 is 15.3 Å². The van der Waals surface area contributed by atoms with Crippen LogP contribution in [0, 0.1) is 0 Å². The number of anilines is 1. The van der Waals surface area contributed by atoms with Crippen molar-refractivity contribution in [2.24, 2.45) is 0 Å². The van der Waals surface area contributed by atoms with Crippen LogP contribution in [-0.4, -0.2) is 25.7 Å². The number of nitrogens with two attached hydrogens (primary N) is 1. The highest BCUT2D eigenvalue weighted by Gasteiger charge is 2.25. The summed E-state index contributed by atoms with van der Waals surface area (Å²) in [5, 5.41) is 9.57. The fourth-order valence-corrected chi connectivity index (χ4v) is 3.13. The smallest absolute Gasteiger partial charge is 0.339 e. The zero-order valence-electron chi connectivity index (χ0n) is 11.8. The zero-order valence-corrected chi connectivity index (χ0v) is 12.7. The molecule has 0 aliphatic heterocycles. The number of aromatic carboxylic acids is 1. The van der Waals surface area contributed by atoms with Crippen molar-refractivity contribution in [1.29, 1.82) is 0 Å². The molecule has 0 unspecified atom stereocenters. The molecule has 0 saturated carbocycles. The third-order valence-electron chi connectivity index (χ3n) is 3.30. The van der Waals surface area contributed by atoms with Crippen LogP contribution in [0.15, 0.2) is 21.4 Å². The number of carboxylic acid groups (broad SMARTS) is 1. The van der Waals surface area contributed by atoms with Gasteiger partial charge in [0.1, 0.15) is 16.9 Å². The van der Waals surface area contributed by atoms with Crippen LogP contribution < -0.4 is 5.73 Å². The number of benzene rings is 1. The molecule has 0 amide bonds. The molecule has 0 radical (unpaired) electrons. The lowest BCUT2D eigenvalue weighted by Gasteiger charge is -2.04. The van der Waals surface area contributed by atoms with Gasteiger partial charge in [-0.25, -0.2) is 13.2 Å². The van der Waals surface area contributed by atoms with Gasteiger partial charge in [0.15, 0.2) is 9.84 Å². The number of carboxylic acids is 1. The summed E-state index contributed by atoms with van der Waals surface area (Å²) in [6, 6.07) is 2.79. The average Bonchev–Trinajstić information content (AvgIpc) is 2.74. The molecule has 0 fully saturated rings. The minimum atomic E-state index is -3.53. The monoisotopic (exact) mass is 311 g/mol. The van der Waals surface area contributed by atoms with Gasteiger partial charge in [0, 0.05) is 12.7 Å². The van der Waals surface area contributed by atoms with Crippen LogP contribution >= 0.6 is 0 Å². The van der Waals surface area contributed by atoms with Gasteiger partial charge in [-0.1, -0.05) is 13.3 Å². The SMILES string of the molecule is CCCCc1oc2ccc(S(C)(=O)=O)c(N)c2c1C(=O)O. The third-order valence-corrected chi connectivity index (χ3v) is 4.45. The molecule has 0 bridgehead atoms. The third kappa shape index (κ3) is 2.73. The number of fused-ring (bicyclic) bond motifs is 1. The summed E-state index contributed by atoms with van der Waals surface area (Å²) < 4.78 is 29.0. The highest BCUT2D eigenvalue weighted by molar-refractivity contribution is 7.90. The molecule has 0 spiro atoms. The van der Waals surface area contributed by atoms with E-state index in [2.05, 4.69) is 0 Å². The summed E-state index contributed by atoms with van der Waals surface area (Å²) in [6.07, 6.45) is 3.17. The average molecular weight is 311 g/mol. The van der Waals surface area contributed by atoms with Gasteiger partial charge in [-0.05, 0) is 18.6 Å². The van der Waals surface area contributed by atoms with Gasteiger partial charge in [-0.3, -0.25) is 0 Å². The Morgan fingerprint density at radius 2 is 2.05 bits per heavy atom. The first-order valence-electron chi connectivity index (χ1n) is 6.54. The van der Waals surface area contributed by atoms with Crippen molar-refractivity contribution < 1.29 is 22.7 Å². The number of rotatable bonds is 5. The van der Waals surface area contributed by atoms with Gasteiger partial charge in [0.2, 0.25) is 0 Å². The summed E-state index contributed by atoms with van der Waals surface area (Å²) in [7, 11) is -3.53. The molecule has 2 aromatic rings. The van der Waals surface area contributed by atoms with E-state index in [1.165, 1.54) is 12.1 Å². The first kappa shape index (κ1) is 15.4. The van der Waals surface area contributed by atoms with E-state index in [9.17, 15) is 18.3 Å². The number of aryl methyl sites for hydroxylation is 1. The summed E-state index contributed by atoms with van der Waals surface area (Å²) in [6.45, 7) is 1.99. The van der Waals surface area contributed by atoms with E-state index >= 15 is 0 Å². The Morgan fingerprint density at radius 1 is 1.38 bits per heavy atom. The molecule has 1 heterocycles. The van der Waals surface area contributed by atoms with Crippen LogP contribution in [0.25, 0.3) is 11.0 Å².